The van der Waals surface area contributed by atoms with Crippen LogP contribution in [0.2, 0.25) is 0 Å². The molecule has 1 heterocycles. The van der Waals surface area contributed by atoms with E-state index in [0.29, 0.717) is 10.1 Å². The van der Waals surface area contributed by atoms with Crippen LogP contribution in [0, 0.1) is 6.92 Å². The molecule has 0 fully saturated rings. The zero-order valence-corrected chi connectivity index (χ0v) is 21.0. The summed E-state index contributed by atoms with van der Waals surface area (Å²) >= 11 is 2.18. The van der Waals surface area contributed by atoms with Gasteiger partial charge in [0.2, 0.25) is 11.0 Å². The average Bonchev–Trinajstić information content (AvgIpc) is 3.28. The average molecular weight is 523 g/mol. The van der Waals surface area contributed by atoms with Crippen molar-refractivity contribution in [2.75, 3.05) is 36.1 Å². The Morgan fingerprint density at radius 1 is 1.12 bits per heavy atom. The molecule has 34 heavy (non-hydrogen) atoms. The third kappa shape index (κ3) is 6.46. The number of methoxy groups -OCH3 is 2. The number of nitrogens with one attached hydrogen (secondary N) is 1. The quantitative estimate of drug-likeness (QED) is 0.243. The van der Waals surface area contributed by atoms with Gasteiger partial charge in [0, 0.05) is 6.07 Å². The lowest BCUT2D eigenvalue weighted by molar-refractivity contribution is -0.137. The molecule has 0 radical (unpaired) electrons. The van der Waals surface area contributed by atoms with Gasteiger partial charge in [0.15, 0.2) is 4.34 Å². The molecule has 3 aromatic rings. The van der Waals surface area contributed by atoms with Crippen molar-refractivity contribution in [2.45, 2.75) is 16.2 Å². The number of nitrogens with zero attached hydrogens (tertiary/aromatic N) is 3. The number of aromatic nitrogens is 2. The summed E-state index contributed by atoms with van der Waals surface area (Å²) in [5.41, 5.74) is 1.17. The number of esters is 1. The molecule has 2 aromatic carbocycles. The van der Waals surface area contributed by atoms with Crippen molar-refractivity contribution in [3.63, 3.8) is 0 Å². The van der Waals surface area contributed by atoms with E-state index in [2.05, 4.69) is 20.3 Å². The Kier molecular flexibility index (Phi) is 8.47. The zero-order valence-electron chi connectivity index (χ0n) is 18.5. The van der Waals surface area contributed by atoms with Crippen molar-refractivity contribution >= 4 is 55.8 Å². The van der Waals surface area contributed by atoms with Crippen LogP contribution >= 0.6 is 23.1 Å². The van der Waals surface area contributed by atoms with Crippen LogP contribution < -0.4 is 14.4 Å². The number of aryl methyl sites for hydroxylation is 1. The van der Waals surface area contributed by atoms with E-state index in [1.165, 1.54) is 32.4 Å². The summed E-state index contributed by atoms with van der Waals surface area (Å²) in [4.78, 5) is 24.1. The fraction of sp³-hybridized carbons (Fsp3) is 0.238. The Labute approximate surface area is 205 Å². The SMILES string of the molecule is COC(=O)CSc1nnc(NC(=O)CN(c2cccc(OC)c2)S(=O)(=O)c2ccc(C)cc2)s1. The van der Waals surface area contributed by atoms with E-state index in [-0.39, 0.29) is 21.5 Å². The van der Waals surface area contributed by atoms with Gasteiger partial charge in [-0.25, -0.2) is 8.42 Å². The Bertz CT molecular complexity index is 1260. The van der Waals surface area contributed by atoms with Gasteiger partial charge in [-0.2, -0.15) is 0 Å². The minimum Gasteiger partial charge on any atom is -0.497 e. The summed E-state index contributed by atoms with van der Waals surface area (Å²) in [6.45, 7) is 1.34. The molecule has 0 aliphatic rings. The van der Waals surface area contributed by atoms with Gasteiger partial charge in [0.25, 0.3) is 10.0 Å². The Balaban J connectivity index is 1.83. The summed E-state index contributed by atoms with van der Waals surface area (Å²) in [7, 11) is -1.32. The molecule has 0 saturated heterocycles. The lowest BCUT2D eigenvalue weighted by atomic mass is 10.2. The number of carbonyl (C=O) groups excluding carboxylic acids is 2. The van der Waals surface area contributed by atoms with Crippen LogP contribution in [-0.2, 0) is 24.3 Å². The van der Waals surface area contributed by atoms with Crippen molar-refractivity contribution < 1.29 is 27.5 Å². The second-order valence-corrected chi connectivity index (χ2v) is 10.9. The molecule has 0 unspecified atom stereocenters. The normalized spacial score (nSPS) is 11.0. The maximum absolute atomic E-state index is 13.4. The highest BCUT2D eigenvalue weighted by Crippen LogP contribution is 2.28. The summed E-state index contributed by atoms with van der Waals surface area (Å²) in [6, 6.07) is 12.8. The van der Waals surface area contributed by atoms with Gasteiger partial charge in [0.1, 0.15) is 12.3 Å². The Morgan fingerprint density at radius 2 is 1.85 bits per heavy atom. The van der Waals surface area contributed by atoms with Crippen molar-refractivity contribution in [3.05, 3.63) is 54.1 Å². The molecule has 0 atom stereocenters. The molecular formula is C21H22N4O6S3. The van der Waals surface area contributed by atoms with Gasteiger partial charge in [-0.05, 0) is 31.2 Å². The van der Waals surface area contributed by atoms with Crippen LogP contribution in [0.4, 0.5) is 10.8 Å². The van der Waals surface area contributed by atoms with Crippen LogP contribution in [-0.4, -0.2) is 57.0 Å². The monoisotopic (exact) mass is 522 g/mol. The molecule has 13 heteroatoms. The fourth-order valence-corrected chi connectivity index (χ4v) is 5.72. The van der Waals surface area contributed by atoms with E-state index in [1.54, 1.807) is 30.3 Å². The van der Waals surface area contributed by atoms with Crippen LogP contribution in [0.3, 0.4) is 0 Å². The minimum atomic E-state index is -4.07. The number of thioether (sulfide) groups is 1. The third-order valence-corrected chi connectivity index (χ3v) is 8.17. The van der Waals surface area contributed by atoms with E-state index in [4.69, 9.17) is 4.74 Å². The number of ether oxygens (including phenoxy) is 2. The van der Waals surface area contributed by atoms with Crippen molar-refractivity contribution in [2.24, 2.45) is 0 Å². The highest BCUT2D eigenvalue weighted by atomic mass is 32.2. The summed E-state index contributed by atoms with van der Waals surface area (Å²) in [5.74, 6) is -0.532. The topological polar surface area (TPSA) is 128 Å². The number of rotatable bonds is 10. The number of anilines is 2. The molecule has 0 spiro atoms. The summed E-state index contributed by atoms with van der Waals surface area (Å²) in [6.07, 6.45) is 0. The Morgan fingerprint density at radius 3 is 2.53 bits per heavy atom. The predicted octanol–water partition coefficient (Wildman–Crippen LogP) is 2.95. The number of hydrogen-bond acceptors (Lipinski definition) is 10. The van der Waals surface area contributed by atoms with E-state index in [1.807, 2.05) is 6.92 Å². The lowest BCUT2D eigenvalue weighted by Gasteiger charge is -2.24. The van der Waals surface area contributed by atoms with Crippen LogP contribution in [0.5, 0.6) is 5.75 Å². The maximum Gasteiger partial charge on any atom is 0.316 e. The fourth-order valence-electron chi connectivity index (χ4n) is 2.71. The molecule has 3 rings (SSSR count). The highest BCUT2D eigenvalue weighted by Gasteiger charge is 2.28. The van der Waals surface area contributed by atoms with Crippen molar-refractivity contribution in [1.29, 1.82) is 0 Å². The number of sulfonamides is 1. The van der Waals surface area contributed by atoms with Crippen LogP contribution in [0.15, 0.2) is 57.8 Å². The molecule has 1 N–H and O–H groups in total. The van der Waals surface area contributed by atoms with Gasteiger partial charge in [-0.3, -0.25) is 19.2 Å². The highest BCUT2D eigenvalue weighted by molar-refractivity contribution is 8.01. The third-order valence-electron chi connectivity index (χ3n) is 4.43. The summed E-state index contributed by atoms with van der Waals surface area (Å²) < 4.78 is 38.1. The number of amides is 1. The molecule has 0 aliphatic heterocycles. The number of benzene rings is 2. The predicted molar refractivity (Wildman–Crippen MR) is 130 cm³/mol. The molecule has 0 aliphatic carbocycles. The van der Waals surface area contributed by atoms with Crippen LogP contribution in [0.25, 0.3) is 0 Å². The molecule has 1 aromatic heterocycles. The smallest absolute Gasteiger partial charge is 0.316 e. The minimum absolute atomic E-state index is 0.0473. The first-order chi connectivity index (χ1) is 16.2. The van der Waals surface area contributed by atoms with Gasteiger partial charge in [0.05, 0.1) is 30.6 Å². The Hall–Kier alpha value is -3.16. The van der Waals surface area contributed by atoms with Gasteiger partial charge in [-0.15, -0.1) is 10.2 Å². The number of hydrogen-bond donors (Lipinski definition) is 1. The molecule has 180 valence electrons. The molecule has 0 saturated carbocycles. The van der Waals surface area contributed by atoms with E-state index >= 15 is 0 Å². The largest absolute Gasteiger partial charge is 0.497 e. The van der Waals surface area contributed by atoms with Gasteiger partial charge in [-0.1, -0.05) is 46.9 Å². The lowest BCUT2D eigenvalue weighted by Crippen LogP contribution is -2.38. The first-order valence-corrected chi connectivity index (χ1v) is 13.0. The molecule has 1 amide bonds. The standard InChI is InChI=1S/C21H22N4O6S3/c1-14-7-9-17(10-8-14)34(28,29)25(15-5-4-6-16(11-15)30-2)12-18(26)22-20-23-24-21(33-20)32-13-19(27)31-3/h4-11H,12-13H2,1-3H3,(H,22,23,26). The molecular weight excluding hydrogens is 500 g/mol. The van der Waals surface area contributed by atoms with Crippen LogP contribution in [0.1, 0.15) is 5.56 Å². The molecule has 10 nitrogen and oxygen atoms in total. The number of carbonyl (C=O) groups is 2. The first kappa shape index (κ1) is 25.5. The van der Waals surface area contributed by atoms with Crippen molar-refractivity contribution in [1.82, 2.24) is 10.2 Å². The zero-order chi connectivity index (χ0) is 24.7. The van der Waals surface area contributed by atoms with Gasteiger partial charge >= 0.3 is 5.97 Å². The van der Waals surface area contributed by atoms with Crippen molar-refractivity contribution in [3.8, 4) is 5.75 Å². The first-order valence-electron chi connectivity index (χ1n) is 9.79. The van der Waals surface area contributed by atoms with E-state index in [9.17, 15) is 18.0 Å². The molecule has 0 bridgehead atoms. The second-order valence-electron chi connectivity index (χ2n) is 6.81. The summed E-state index contributed by atoms with van der Waals surface area (Å²) in [5, 5.41) is 10.5. The second kappa shape index (κ2) is 11.3. The van der Waals surface area contributed by atoms with Gasteiger partial charge < -0.3 is 9.47 Å². The van der Waals surface area contributed by atoms with E-state index in [0.717, 1.165) is 33.0 Å². The maximum atomic E-state index is 13.4. The van der Waals surface area contributed by atoms with E-state index < -0.39 is 28.4 Å².